The van der Waals surface area contributed by atoms with Crippen molar-refractivity contribution in [1.29, 1.82) is 0 Å². The van der Waals surface area contributed by atoms with Crippen molar-refractivity contribution in [2.75, 3.05) is 33.4 Å². The Morgan fingerprint density at radius 3 is 2.55 bits per heavy atom. The van der Waals surface area contributed by atoms with Crippen LogP contribution in [0.4, 0.5) is 0 Å². The van der Waals surface area contributed by atoms with E-state index in [1.165, 1.54) is 0 Å². The van der Waals surface area contributed by atoms with Crippen molar-refractivity contribution in [3.05, 3.63) is 35.9 Å². The molecule has 2 saturated heterocycles. The van der Waals surface area contributed by atoms with E-state index in [-0.39, 0.29) is 23.8 Å². The predicted molar refractivity (Wildman–Crippen MR) is 82.1 cm³/mol. The Morgan fingerprint density at radius 1 is 1.18 bits per heavy atom. The number of ether oxygens (including phenoxy) is 1. The number of carbonyl (C=O) groups excluding carboxylic acids is 2. The van der Waals surface area contributed by atoms with E-state index < -0.39 is 0 Å². The summed E-state index contributed by atoms with van der Waals surface area (Å²) in [6, 6.07) is 9.70. The second kappa shape index (κ2) is 6.48. The van der Waals surface area contributed by atoms with E-state index in [0.29, 0.717) is 39.1 Å². The van der Waals surface area contributed by atoms with Gasteiger partial charge in [0, 0.05) is 26.6 Å². The normalized spacial score (nSPS) is 26.1. The molecule has 5 heteroatoms. The second-order valence-electron chi connectivity index (χ2n) is 5.94. The van der Waals surface area contributed by atoms with Gasteiger partial charge in [-0.25, -0.2) is 0 Å². The van der Waals surface area contributed by atoms with E-state index in [9.17, 15) is 9.59 Å². The topological polar surface area (TPSA) is 49.9 Å². The summed E-state index contributed by atoms with van der Waals surface area (Å²) in [5.74, 6) is 0.0968. The number of likely N-dealkylation sites (tertiary alicyclic amines) is 1. The number of nitrogens with zero attached hydrogens (tertiary/aromatic N) is 2. The summed E-state index contributed by atoms with van der Waals surface area (Å²) >= 11 is 0. The molecule has 1 aromatic rings. The van der Waals surface area contributed by atoms with Gasteiger partial charge in [-0.3, -0.25) is 9.59 Å². The van der Waals surface area contributed by atoms with Crippen molar-refractivity contribution in [3.8, 4) is 0 Å². The number of hydrogen-bond acceptors (Lipinski definition) is 3. The first-order valence-corrected chi connectivity index (χ1v) is 7.85. The standard InChI is InChI=1S/C17H22N2O3/c1-18-15(20)8-7-14(16(18)13-5-3-2-4-6-13)17(21)19-9-11-22-12-10-19/h2-6,14,16H,7-12H2,1H3/t14-,16-/m0/s1. The SMILES string of the molecule is CN1C(=O)CC[C@H](C(=O)N2CCOCC2)[C@@H]1c1ccccc1. The molecule has 1 aromatic carbocycles. The first-order valence-electron chi connectivity index (χ1n) is 7.85. The minimum atomic E-state index is -0.169. The van der Waals surface area contributed by atoms with Crippen LogP contribution in [0.1, 0.15) is 24.4 Å². The van der Waals surface area contributed by atoms with Crippen LogP contribution in [0.2, 0.25) is 0 Å². The van der Waals surface area contributed by atoms with Gasteiger partial charge in [-0.15, -0.1) is 0 Å². The highest BCUT2D eigenvalue weighted by Gasteiger charge is 2.40. The maximum Gasteiger partial charge on any atom is 0.228 e. The van der Waals surface area contributed by atoms with Crippen LogP contribution in [0.3, 0.4) is 0 Å². The zero-order valence-corrected chi connectivity index (χ0v) is 12.9. The molecule has 2 fully saturated rings. The number of rotatable bonds is 2. The van der Waals surface area contributed by atoms with Gasteiger partial charge in [0.25, 0.3) is 0 Å². The van der Waals surface area contributed by atoms with Crippen LogP contribution in [-0.2, 0) is 14.3 Å². The predicted octanol–water partition coefficient (Wildman–Crippen LogP) is 1.45. The number of piperidine rings is 1. The van der Waals surface area contributed by atoms with Gasteiger partial charge in [-0.05, 0) is 12.0 Å². The van der Waals surface area contributed by atoms with Crippen LogP contribution >= 0.6 is 0 Å². The van der Waals surface area contributed by atoms with E-state index >= 15 is 0 Å². The van der Waals surface area contributed by atoms with E-state index in [1.54, 1.807) is 11.9 Å². The van der Waals surface area contributed by atoms with Gasteiger partial charge in [0.2, 0.25) is 11.8 Å². The zero-order valence-electron chi connectivity index (χ0n) is 12.9. The highest BCUT2D eigenvalue weighted by molar-refractivity contribution is 5.85. The molecule has 2 atom stereocenters. The highest BCUT2D eigenvalue weighted by atomic mass is 16.5. The van der Waals surface area contributed by atoms with Gasteiger partial charge in [0.15, 0.2) is 0 Å². The third kappa shape index (κ3) is 2.86. The molecule has 0 bridgehead atoms. The van der Waals surface area contributed by atoms with Crippen molar-refractivity contribution in [2.24, 2.45) is 5.92 Å². The van der Waals surface area contributed by atoms with Crippen LogP contribution in [-0.4, -0.2) is 55.0 Å². The molecule has 2 aliphatic heterocycles. The van der Waals surface area contributed by atoms with Crippen LogP contribution < -0.4 is 0 Å². The molecule has 0 saturated carbocycles. The van der Waals surface area contributed by atoms with Crippen LogP contribution in [0, 0.1) is 5.92 Å². The fourth-order valence-electron chi connectivity index (χ4n) is 3.42. The molecule has 2 aliphatic rings. The fraction of sp³-hybridized carbons (Fsp3) is 0.529. The summed E-state index contributed by atoms with van der Waals surface area (Å²) in [5, 5.41) is 0. The molecule has 3 rings (SSSR count). The maximum atomic E-state index is 12.9. The third-order valence-electron chi connectivity index (χ3n) is 4.64. The summed E-state index contributed by atoms with van der Waals surface area (Å²) in [6.45, 7) is 2.50. The Kier molecular flexibility index (Phi) is 4.43. The Balaban J connectivity index is 1.86. The van der Waals surface area contributed by atoms with E-state index in [2.05, 4.69) is 0 Å². The van der Waals surface area contributed by atoms with E-state index in [0.717, 1.165) is 5.56 Å². The molecule has 0 N–H and O–H groups in total. The smallest absolute Gasteiger partial charge is 0.228 e. The Bertz CT molecular complexity index is 540. The maximum absolute atomic E-state index is 12.9. The molecule has 118 valence electrons. The number of carbonyl (C=O) groups is 2. The van der Waals surface area contributed by atoms with Crippen LogP contribution in [0.25, 0.3) is 0 Å². The number of amides is 2. The summed E-state index contributed by atoms with van der Waals surface area (Å²) in [7, 11) is 1.80. The van der Waals surface area contributed by atoms with Crippen LogP contribution in [0.5, 0.6) is 0 Å². The summed E-state index contributed by atoms with van der Waals surface area (Å²) < 4.78 is 5.33. The monoisotopic (exact) mass is 302 g/mol. The van der Waals surface area contributed by atoms with Gasteiger partial charge in [-0.1, -0.05) is 30.3 Å². The summed E-state index contributed by atoms with van der Waals surface area (Å²) in [5.41, 5.74) is 1.03. The Labute approximate surface area is 130 Å². The van der Waals surface area contributed by atoms with Crippen molar-refractivity contribution >= 4 is 11.8 Å². The second-order valence-corrected chi connectivity index (χ2v) is 5.94. The molecule has 0 unspecified atom stereocenters. The average molecular weight is 302 g/mol. The van der Waals surface area contributed by atoms with Gasteiger partial charge in [-0.2, -0.15) is 0 Å². The van der Waals surface area contributed by atoms with Crippen molar-refractivity contribution in [2.45, 2.75) is 18.9 Å². The van der Waals surface area contributed by atoms with Gasteiger partial charge >= 0.3 is 0 Å². The van der Waals surface area contributed by atoms with Crippen molar-refractivity contribution < 1.29 is 14.3 Å². The fourth-order valence-corrected chi connectivity index (χ4v) is 3.42. The zero-order chi connectivity index (χ0) is 15.5. The summed E-state index contributed by atoms with van der Waals surface area (Å²) in [6.07, 6.45) is 1.07. The largest absolute Gasteiger partial charge is 0.378 e. The van der Waals surface area contributed by atoms with Gasteiger partial charge in [0.1, 0.15) is 0 Å². The van der Waals surface area contributed by atoms with Crippen molar-refractivity contribution in [1.82, 2.24) is 9.80 Å². The lowest BCUT2D eigenvalue weighted by atomic mass is 9.83. The molecule has 5 nitrogen and oxygen atoms in total. The number of hydrogen-bond donors (Lipinski definition) is 0. The lowest BCUT2D eigenvalue weighted by Gasteiger charge is -2.41. The van der Waals surface area contributed by atoms with Gasteiger partial charge in [0.05, 0.1) is 25.2 Å². The van der Waals surface area contributed by atoms with Crippen LogP contribution in [0.15, 0.2) is 30.3 Å². The third-order valence-corrected chi connectivity index (χ3v) is 4.64. The van der Waals surface area contributed by atoms with Gasteiger partial charge < -0.3 is 14.5 Å². The molecule has 2 heterocycles. The molecule has 0 spiro atoms. The number of morpholine rings is 1. The quantitative estimate of drug-likeness (QED) is 0.831. The molecule has 0 aliphatic carbocycles. The number of benzene rings is 1. The van der Waals surface area contributed by atoms with Crippen molar-refractivity contribution in [3.63, 3.8) is 0 Å². The molecular weight excluding hydrogens is 280 g/mol. The summed E-state index contributed by atoms with van der Waals surface area (Å²) in [4.78, 5) is 28.6. The molecule has 22 heavy (non-hydrogen) atoms. The average Bonchev–Trinajstić information content (AvgIpc) is 2.58. The molecular formula is C17H22N2O3. The minimum Gasteiger partial charge on any atom is -0.378 e. The Morgan fingerprint density at radius 2 is 1.86 bits per heavy atom. The lowest BCUT2D eigenvalue weighted by Crippen LogP contribution is -2.50. The van der Waals surface area contributed by atoms with E-state index in [1.807, 2.05) is 35.2 Å². The lowest BCUT2D eigenvalue weighted by molar-refractivity contribution is -0.149. The molecule has 0 aromatic heterocycles. The molecule has 2 amide bonds. The molecule has 0 radical (unpaired) electrons. The first kappa shape index (κ1) is 15.0. The Hall–Kier alpha value is -1.88. The highest BCUT2D eigenvalue weighted by Crippen LogP contribution is 2.36. The minimum absolute atomic E-state index is 0.111. The van der Waals surface area contributed by atoms with E-state index in [4.69, 9.17) is 4.74 Å². The first-order chi connectivity index (χ1) is 10.7.